The van der Waals surface area contributed by atoms with Gasteiger partial charge in [-0.05, 0) is 31.4 Å². The fourth-order valence-corrected chi connectivity index (χ4v) is 2.31. The average Bonchev–Trinajstić information content (AvgIpc) is 2.29. The highest BCUT2D eigenvalue weighted by molar-refractivity contribution is 6.60. The highest BCUT2D eigenvalue weighted by Gasteiger charge is 2.21. The summed E-state index contributed by atoms with van der Waals surface area (Å²) in [7, 11) is -1.44. The summed E-state index contributed by atoms with van der Waals surface area (Å²) in [6, 6.07) is 5.17. The maximum atomic E-state index is 9.31. The third kappa shape index (κ3) is 2.51. The summed E-state index contributed by atoms with van der Waals surface area (Å²) in [5, 5.41) is 19.3. The molecule has 2 N–H and O–H groups in total. The molecule has 1 aromatic carbocycles. The van der Waals surface area contributed by atoms with Crippen LogP contribution in [0.3, 0.4) is 0 Å². The van der Waals surface area contributed by atoms with Crippen LogP contribution >= 0.6 is 11.6 Å². The second-order valence-electron chi connectivity index (χ2n) is 4.12. The van der Waals surface area contributed by atoms with Crippen molar-refractivity contribution >= 4 is 29.9 Å². The molecule has 0 aromatic heterocycles. The highest BCUT2D eigenvalue weighted by Crippen LogP contribution is 2.21. The van der Waals surface area contributed by atoms with E-state index in [0.717, 1.165) is 31.6 Å². The van der Waals surface area contributed by atoms with Crippen LogP contribution in [0.2, 0.25) is 5.02 Å². The van der Waals surface area contributed by atoms with Crippen LogP contribution in [-0.4, -0.2) is 30.3 Å². The van der Waals surface area contributed by atoms with E-state index in [4.69, 9.17) is 11.6 Å². The van der Waals surface area contributed by atoms with Crippen LogP contribution in [0.1, 0.15) is 19.3 Å². The molecule has 1 fully saturated rings. The van der Waals surface area contributed by atoms with Gasteiger partial charge in [-0.25, -0.2) is 0 Å². The predicted octanol–water partition coefficient (Wildman–Crippen LogP) is 1.01. The monoisotopic (exact) mass is 239 g/mol. The van der Waals surface area contributed by atoms with E-state index in [1.54, 1.807) is 12.1 Å². The molecule has 0 spiro atoms. The fraction of sp³-hybridized carbons (Fsp3) is 0.455. The standard InChI is InChI=1S/C11H15BClNO2/c13-9-4-5-10(12(15)16)11(8-9)14-6-2-1-3-7-14/h4-5,8,15-16H,1-3,6-7H2. The molecule has 0 radical (unpaired) electrons. The van der Waals surface area contributed by atoms with Crippen molar-refractivity contribution in [2.45, 2.75) is 19.3 Å². The lowest BCUT2D eigenvalue weighted by molar-refractivity contribution is 0.425. The highest BCUT2D eigenvalue weighted by atomic mass is 35.5. The topological polar surface area (TPSA) is 43.7 Å². The van der Waals surface area contributed by atoms with Crippen LogP contribution in [0, 0.1) is 0 Å². The van der Waals surface area contributed by atoms with Gasteiger partial charge in [-0.2, -0.15) is 0 Å². The predicted molar refractivity (Wildman–Crippen MR) is 67.3 cm³/mol. The van der Waals surface area contributed by atoms with Gasteiger partial charge in [-0.3, -0.25) is 0 Å². The Kier molecular flexibility index (Phi) is 3.74. The summed E-state index contributed by atoms with van der Waals surface area (Å²) in [6.45, 7) is 1.92. The van der Waals surface area contributed by atoms with Crippen LogP contribution in [0.5, 0.6) is 0 Å². The number of nitrogens with zero attached hydrogens (tertiary/aromatic N) is 1. The van der Waals surface area contributed by atoms with Gasteiger partial charge in [0.15, 0.2) is 0 Å². The molecule has 5 heteroatoms. The van der Waals surface area contributed by atoms with Crippen LogP contribution in [-0.2, 0) is 0 Å². The number of rotatable bonds is 2. The van der Waals surface area contributed by atoms with E-state index in [0.29, 0.717) is 10.5 Å². The molecule has 1 heterocycles. The Bertz CT molecular complexity index is 367. The minimum Gasteiger partial charge on any atom is -0.423 e. The minimum absolute atomic E-state index is 0.534. The number of anilines is 1. The SMILES string of the molecule is OB(O)c1ccc(Cl)cc1N1CCCCC1. The largest absolute Gasteiger partial charge is 0.490 e. The quantitative estimate of drug-likeness (QED) is 0.757. The first-order valence-corrected chi connectivity index (χ1v) is 5.97. The molecule has 86 valence electrons. The molecular formula is C11H15BClNO2. The van der Waals surface area contributed by atoms with Crippen molar-refractivity contribution in [3.63, 3.8) is 0 Å². The zero-order valence-electron chi connectivity index (χ0n) is 9.06. The van der Waals surface area contributed by atoms with Gasteiger partial charge >= 0.3 is 7.12 Å². The molecule has 1 aliphatic heterocycles. The molecule has 16 heavy (non-hydrogen) atoms. The average molecular weight is 240 g/mol. The molecule has 0 amide bonds. The Morgan fingerprint density at radius 2 is 1.81 bits per heavy atom. The Labute approximate surface area is 101 Å². The third-order valence-electron chi connectivity index (χ3n) is 2.97. The molecule has 2 rings (SSSR count). The fourth-order valence-electron chi connectivity index (χ4n) is 2.14. The van der Waals surface area contributed by atoms with Crippen molar-refractivity contribution in [1.82, 2.24) is 0 Å². The summed E-state index contributed by atoms with van der Waals surface area (Å²) in [5.74, 6) is 0. The number of piperidine rings is 1. The summed E-state index contributed by atoms with van der Waals surface area (Å²) in [6.07, 6.45) is 3.54. The van der Waals surface area contributed by atoms with Crippen LogP contribution in [0.25, 0.3) is 0 Å². The van der Waals surface area contributed by atoms with E-state index < -0.39 is 7.12 Å². The van der Waals surface area contributed by atoms with Crippen molar-refractivity contribution < 1.29 is 10.0 Å². The molecular weight excluding hydrogens is 224 g/mol. The first kappa shape index (κ1) is 11.8. The molecule has 1 saturated heterocycles. The molecule has 0 bridgehead atoms. The number of benzene rings is 1. The van der Waals surface area contributed by atoms with E-state index in [-0.39, 0.29) is 0 Å². The van der Waals surface area contributed by atoms with Crippen molar-refractivity contribution in [2.75, 3.05) is 18.0 Å². The summed E-state index contributed by atoms with van der Waals surface area (Å²) >= 11 is 5.95. The van der Waals surface area contributed by atoms with Gasteiger partial charge in [0.05, 0.1) is 0 Å². The molecule has 0 saturated carbocycles. The van der Waals surface area contributed by atoms with Gasteiger partial charge in [-0.15, -0.1) is 0 Å². The van der Waals surface area contributed by atoms with E-state index in [9.17, 15) is 10.0 Å². The van der Waals surface area contributed by atoms with Crippen LogP contribution in [0.4, 0.5) is 5.69 Å². The Hall–Kier alpha value is -0.705. The van der Waals surface area contributed by atoms with Crippen molar-refractivity contribution in [1.29, 1.82) is 0 Å². The normalized spacial score (nSPS) is 16.3. The second kappa shape index (κ2) is 5.08. The van der Waals surface area contributed by atoms with Crippen LogP contribution < -0.4 is 10.4 Å². The van der Waals surface area contributed by atoms with Gasteiger partial charge < -0.3 is 14.9 Å². The molecule has 3 nitrogen and oxygen atoms in total. The van der Waals surface area contributed by atoms with Gasteiger partial charge in [0.2, 0.25) is 0 Å². The van der Waals surface area contributed by atoms with Gasteiger partial charge in [0.1, 0.15) is 0 Å². The summed E-state index contributed by atoms with van der Waals surface area (Å²) < 4.78 is 0. The number of hydrogen-bond donors (Lipinski definition) is 2. The van der Waals surface area contributed by atoms with E-state index in [1.807, 2.05) is 6.07 Å². The lowest BCUT2D eigenvalue weighted by Gasteiger charge is -2.30. The lowest BCUT2D eigenvalue weighted by atomic mass is 9.78. The molecule has 0 unspecified atom stereocenters. The van der Waals surface area contributed by atoms with Gasteiger partial charge in [0.25, 0.3) is 0 Å². The lowest BCUT2D eigenvalue weighted by Crippen LogP contribution is -2.39. The molecule has 1 aromatic rings. The Balaban J connectivity index is 2.32. The van der Waals surface area contributed by atoms with E-state index >= 15 is 0 Å². The van der Waals surface area contributed by atoms with Gasteiger partial charge in [0, 0.05) is 29.3 Å². The maximum absolute atomic E-state index is 9.31. The van der Waals surface area contributed by atoms with Crippen molar-refractivity contribution in [2.24, 2.45) is 0 Å². The van der Waals surface area contributed by atoms with Crippen LogP contribution in [0.15, 0.2) is 18.2 Å². The first-order valence-electron chi connectivity index (χ1n) is 5.59. The first-order chi connectivity index (χ1) is 7.68. The van der Waals surface area contributed by atoms with E-state index in [1.165, 1.54) is 6.42 Å². The number of hydrogen-bond acceptors (Lipinski definition) is 3. The minimum atomic E-state index is -1.44. The Morgan fingerprint density at radius 1 is 1.12 bits per heavy atom. The smallest absolute Gasteiger partial charge is 0.423 e. The third-order valence-corrected chi connectivity index (χ3v) is 3.20. The van der Waals surface area contributed by atoms with Gasteiger partial charge in [-0.1, -0.05) is 17.7 Å². The molecule has 0 aliphatic carbocycles. The maximum Gasteiger partial charge on any atom is 0.490 e. The zero-order valence-corrected chi connectivity index (χ0v) is 9.82. The summed E-state index contributed by atoms with van der Waals surface area (Å²) in [5.41, 5.74) is 1.38. The zero-order chi connectivity index (χ0) is 11.5. The second-order valence-corrected chi connectivity index (χ2v) is 4.56. The van der Waals surface area contributed by atoms with Crippen molar-refractivity contribution in [3.8, 4) is 0 Å². The summed E-state index contributed by atoms with van der Waals surface area (Å²) in [4.78, 5) is 2.17. The van der Waals surface area contributed by atoms with Crippen molar-refractivity contribution in [3.05, 3.63) is 23.2 Å². The Morgan fingerprint density at radius 3 is 2.44 bits per heavy atom. The number of halogens is 1. The van der Waals surface area contributed by atoms with E-state index in [2.05, 4.69) is 4.90 Å². The molecule has 0 atom stereocenters. The molecule has 1 aliphatic rings.